The Morgan fingerprint density at radius 3 is 2.08 bits per heavy atom. The molecule has 0 aliphatic carbocycles. The van der Waals surface area contributed by atoms with Gasteiger partial charge in [0.05, 0.1) is 23.3 Å². The van der Waals surface area contributed by atoms with E-state index in [1.165, 1.54) is 7.11 Å². The fourth-order valence-electron chi connectivity index (χ4n) is 2.94. The van der Waals surface area contributed by atoms with Gasteiger partial charge in [0.25, 0.3) is 11.8 Å². The van der Waals surface area contributed by atoms with Crippen LogP contribution in [-0.4, -0.2) is 54.9 Å². The molecule has 2 aromatic carbocycles. The summed E-state index contributed by atoms with van der Waals surface area (Å²) in [5, 5.41) is 0.828. The summed E-state index contributed by atoms with van der Waals surface area (Å²) in [4.78, 5) is 28.8. The van der Waals surface area contributed by atoms with E-state index in [4.69, 9.17) is 27.9 Å². The molecule has 26 heavy (non-hydrogen) atoms. The number of piperazine rings is 1. The van der Waals surface area contributed by atoms with Crippen molar-refractivity contribution in [3.8, 4) is 5.75 Å². The fourth-order valence-corrected chi connectivity index (χ4v) is 3.31. The third-order valence-corrected chi connectivity index (χ3v) is 4.91. The van der Waals surface area contributed by atoms with E-state index in [9.17, 15) is 9.59 Å². The lowest BCUT2D eigenvalue weighted by atomic mass is 10.1. The third-order valence-electron chi connectivity index (χ3n) is 4.35. The number of nitrogens with zero attached hydrogens (tertiary/aromatic N) is 2. The molecule has 0 unspecified atom stereocenters. The maximum Gasteiger partial charge on any atom is 0.257 e. The molecule has 136 valence electrons. The van der Waals surface area contributed by atoms with E-state index in [1.807, 2.05) is 6.07 Å². The summed E-state index contributed by atoms with van der Waals surface area (Å²) in [6.07, 6.45) is 0. The minimum absolute atomic E-state index is 0.102. The highest BCUT2D eigenvalue weighted by molar-refractivity contribution is 6.35. The summed E-state index contributed by atoms with van der Waals surface area (Å²) in [5.41, 5.74) is 0.899. The molecule has 1 saturated heterocycles. The van der Waals surface area contributed by atoms with E-state index in [1.54, 1.807) is 46.2 Å². The van der Waals surface area contributed by atoms with Crippen molar-refractivity contribution < 1.29 is 14.3 Å². The van der Waals surface area contributed by atoms with Crippen LogP contribution in [0.15, 0.2) is 42.5 Å². The second kappa shape index (κ2) is 7.98. The number of carbonyl (C=O) groups excluding carboxylic acids is 2. The zero-order valence-corrected chi connectivity index (χ0v) is 15.8. The van der Waals surface area contributed by atoms with Gasteiger partial charge in [-0.1, -0.05) is 35.3 Å². The third kappa shape index (κ3) is 3.79. The minimum atomic E-state index is -0.179. The summed E-state index contributed by atoms with van der Waals surface area (Å²) in [7, 11) is 1.54. The molecule has 0 atom stereocenters. The summed E-state index contributed by atoms with van der Waals surface area (Å²) in [6.45, 7) is 1.76. The van der Waals surface area contributed by atoms with Crippen molar-refractivity contribution in [3.05, 3.63) is 63.6 Å². The predicted octanol–water partition coefficient (Wildman–Crippen LogP) is 3.60. The molecule has 7 heteroatoms. The van der Waals surface area contributed by atoms with Crippen LogP contribution in [0.5, 0.6) is 5.75 Å². The first-order valence-electron chi connectivity index (χ1n) is 8.18. The second-order valence-corrected chi connectivity index (χ2v) is 6.75. The number of para-hydroxylation sites is 1. The number of benzene rings is 2. The number of hydrogen-bond acceptors (Lipinski definition) is 3. The highest BCUT2D eigenvalue weighted by Gasteiger charge is 2.27. The molecule has 5 nitrogen and oxygen atoms in total. The van der Waals surface area contributed by atoms with E-state index in [0.29, 0.717) is 53.1 Å². The molecule has 1 aliphatic heterocycles. The first kappa shape index (κ1) is 18.5. The molecule has 0 radical (unpaired) electrons. The molecule has 1 fully saturated rings. The highest BCUT2D eigenvalue weighted by Crippen LogP contribution is 2.24. The molecule has 2 amide bonds. The Hall–Kier alpha value is -2.24. The lowest BCUT2D eigenvalue weighted by Crippen LogP contribution is -2.50. The van der Waals surface area contributed by atoms with Gasteiger partial charge in [-0.25, -0.2) is 0 Å². The highest BCUT2D eigenvalue weighted by atomic mass is 35.5. The summed E-state index contributed by atoms with van der Waals surface area (Å²) in [5.74, 6) is 0.263. The van der Waals surface area contributed by atoms with Crippen molar-refractivity contribution >= 4 is 35.0 Å². The standard InChI is InChI=1S/C19H18Cl2N2O3/c1-26-17-5-3-2-4-14(17)18(24)22-8-10-23(11-9-22)19(25)15-12-13(20)6-7-16(15)21/h2-7,12H,8-11H2,1H3. The maximum absolute atomic E-state index is 12.7. The van der Waals surface area contributed by atoms with Crippen molar-refractivity contribution in [2.75, 3.05) is 33.3 Å². The lowest BCUT2D eigenvalue weighted by molar-refractivity contribution is 0.0533. The molecule has 2 aromatic rings. The van der Waals surface area contributed by atoms with Gasteiger partial charge < -0.3 is 14.5 Å². The van der Waals surface area contributed by atoms with Gasteiger partial charge in [0.2, 0.25) is 0 Å². The zero-order chi connectivity index (χ0) is 18.7. The number of halogens is 2. The molecule has 0 saturated carbocycles. The Bertz CT molecular complexity index is 833. The fraction of sp³-hybridized carbons (Fsp3) is 0.263. The first-order chi connectivity index (χ1) is 12.5. The quantitative estimate of drug-likeness (QED) is 0.801. The molecule has 0 spiro atoms. The van der Waals surface area contributed by atoms with E-state index in [-0.39, 0.29) is 11.8 Å². The lowest BCUT2D eigenvalue weighted by Gasteiger charge is -2.35. The average Bonchev–Trinajstić information content (AvgIpc) is 2.68. The van der Waals surface area contributed by atoms with Crippen molar-refractivity contribution in [1.82, 2.24) is 9.80 Å². The molecule has 3 rings (SSSR count). The van der Waals surface area contributed by atoms with Crippen LogP contribution in [0.1, 0.15) is 20.7 Å². The van der Waals surface area contributed by atoms with Crippen LogP contribution < -0.4 is 4.74 Å². The van der Waals surface area contributed by atoms with Gasteiger partial charge in [-0.05, 0) is 30.3 Å². The summed E-state index contributed by atoms with van der Waals surface area (Å²) in [6, 6.07) is 11.9. The van der Waals surface area contributed by atoms with Gasteiger partial charge in [-0.2, -0.15) is 0 Å². The largest absolute Gasteiger partial charge is 0.496 e. The molecule has 1 aliphatic rings. The SMILES string of the molecule is COc1ccccc1C(=O)N1CCN(C(=O)c2cc(Cl)ccc2Cl)CC1. The number of methoxy groups -OCH3 is 1. The monoisotopic (exact) mass is 392 g/mol. The van der Waals surface area contributed by atoms with Crippen LogP contribution in [0.4, 0.5) is 0 Å². The second-order valence-electron chi connectivity index (χ2n) is 5.91. The van der Waals surface area contributed by atoms with Gasteiger partial charge in [0, 0.05) is 31.2 Å². The zero-order valence-electron chi connectivity index (χ0n) is 14.2. The number of rotatable bonds is 3. The minimum Gasteiger partial charge on any atom is -0.496 e. The summed E-state index contributed by atoms with van der Waals surface area (Å²) < 4.78 is 5.26. The van der Waals surface area contributed by atoms with Crippen LogP contribution in [0, 0.1) is 0 Å². The molecule has 0 aromatic heterocycles. The van der Waals surface area contributed by atoms with Crippen molar-refractivity contribution in [3.63, 3.8) is 0 Å². The van der Waals surface area contributed by atoms with Crippen molar-refractivity contribution in [2.45, 2.75) is 0 Å². The van der Waals surface area contributed by atoms with Gasteiger partial charge >= 0.3 is 0 Å². The van der Waals surface area contributed by atoms with Crippen molar-refractivity contribution in [2.24, 2.45) is 0 Å². The Morgan fingerprint density at radius 2 is 1.46 bits per heavy atom. The molecule has 0 bridgehead atoms. The Morgan fingerprint density at radius 1 is 0.885 bits per heavy atom. The molecular weight excluding hydrogens is 375 g/mol. The summed E-state index contributed by atoms with van der Waals surface area (Å²) >= 11 is 12.1. The van der Waals surface area contributed by atoms with Gasteiger partial charge in [-0.15, -0.1) is 0 Å². The number of amides is 2. The predicted molar refractivity (Wildman–Crippen MR) is 101 cm³/mol. The van der Waals surface area contributed by atoms with Gasteiger partial charge in [0.1, 0.15) is 5.75 Å². The van der Waals surface area contributed by atoms with E-state index < -0.39 is 0 Å². The van der Waals surface area contributed by atoms with Crippen LogP contribution in [-0.2, 0) is 0 Å². The average molecular weight is 393 g/mol. The number of carbonyl (C=O) groups is 2. The van der Waals surface area contributed by atoms with Gasteiger partial charge in [0.15, 0.2) is 0 Å². The van der Waals surface area contributed by atoms with E-state index in [0.717, 1.165) is 0 Å². The normalized spacial score (nSPS) is 14.3. The van der Waals surface area contributed by atoms with Gasteiger partial charge in [-0.3, -0.25) is 9.59 Å². The molecular formula is C19H18Cl2N2O3. The van der Waals surface area contributed by atoms with Crippen LogP contribution in [0.25, 0.3) is 0 Å². The Labute approximate surface area is 162 Å². The number of ether oxygens (including phenoxy) is 1. The van der Waals surface area contributed by atoms with Crippen LogP contribution in [0.2, 0.25) is 10.0 Å². The first-order valence-corrected chi connectivity index (χ1v) is 8.93. The van der Waals surface area contributed by atoms with Crippen LogP contribution >= 0.6 is 23.2 Å². The van der Waals surface area contributed by atoms with E-state index >= 15 is 0 Å². The maximum atomic E-state index is 12.7. The topological polar surface area (TPSA) is 49.9 Å². The van der Waals surface area contributed by atoms with Crippen molar-refractivity contribution in [1.29, 1.82) is 0 Å². The van der Waals surface area contributed by atoms with Crippen LogP contribution in [0.3, 0.4) is 0 Å². The smallest absolute Gasteiger partial charge is 0.257 e. The molecule has 1 heterocycles. The number of hydrogen-bond donors (Lipinski definition) is 0. The Kier molecular flexibility index (Phi) is 5.69. The van der Waals surface area contributed by atoms with E-state index in [2.05, 4.69) is 0 Å². The Balaban J connectivity index is 1.68. The molecule has 0 N–H and O–H groups in total.